The number of hydrogen-bond acceptors (Lipinski definition) is 4. The SMILES string of the molecule is O=C(O)CC1CSCCN1CCSc1ccccc1F. The maximum Gasteiger partial charge on any atom is 0.304 e. The number of halogens is 1. The molecule has 0 aliphatic carbocycles. The van der Waals surface area contributed by atoms with Crippen LogP contribution in [0.2, 0.25) is 0 Å². The zero-order valence-corrected chi connectivity index (χ0v) is 12.8. The molecule has 1 atom stereocenters. The Morgan fingerprint density at radius 1 is 1.50 bits per heavy atom. The van der Waals surface area contributed by atoms with Crippen molar-refractivity contribution in [1.29, 1.82) is 0 Å². The van der Waals surface area contributed by atoms with Gasteiger partial charge >= 0.3 is 5.97 Å². The number of benzene rings is 1. The van der Waals surface area contributed by atoms with Crippen LogP contribution in [0.1, 0.15) is 6.42 Å². The molecule has 3 nitrogen and oxygen atoms in total. The lowest BCUT2D eigenvalue weighted by Crippen LogP contribution is -2.44. The van der Waals surface area contributed by atoms with E-state index in [1.807, 2.05) is 17.8 Å². The van der Waals surface area contributed by atoms with Crippen LogP contribution in [0.3, 0.4) is 0 Å². The number of rotatable bonds is 6. The van der Waals surface area contributed by atoms with E-state index >= 15 is 0 Å². The predicted octanol–water partition coefficient (Wildman–Crippen LogP) is 2.81. The number of carboxylic acid groups (broad SMARTS) is 1. The summed E-state index contributed by atoms with van der Waals surface area (Å²) in [4.78, 5) is 13.7. The van der Waals surface area contributed by atoms with Crippen molar-refractivity contribution in [3.63, 3.8) is 0 Å². The summed E-state index contributed by atoms with van der Waals surface area (Å²) < 4.78 is 13.5. The van der Waals surface area contributed by atoms with E-state index in [1.165, 1.54) is 17.8 Å². The first kappa shape index (κ1) is 15.7. The molecule has 1 aliphatic rings. The van der Waals surface area contributed by atoms with Crippen molar-refractivity contribution < 1.29 is 14.3 Å². The molecule has 0 bridgehead atoms. The Labute approximate surface area is 126 Å². The third-order valence-corrected chi connectivity index (χ3v) is 5.35. The van der Waals surface area contributed by atoms with Gasteiger partial charge in [-0.3, -0.25) is 9.69 Å². The van der Waals surface area contributed by atoms with Crippen molar-refractivity contribution in [1.82, 2.24) is 4.90 Å². The fourth-order valence-electron chi connectivity index (χ4n) is 2.21. The maximum atomic E-state index is 13.5. The molecule has 1 saturated heterocycles. The summed E-state index contributed by atoms with van der Waals surface area (Å²) >= 11 is 3.30. The van der Waals surface area contributed by atoms with Crippen molar-refractivity contribution in [2.24, 2.45) is 0 Å². The van der Waals surface area contributed by atoms with E-state index in [0.29, 0.717) is 4.90 Å². The van der Waals surface area contributed by atoms with Gasteiger partial charge in [0, 0.05) is 41.3 Å². The van der Waals surface area contributed by atoms with E-state index < -0.39 is 5.97 Å². The molecule has 1 fully saturated rings. The Morgan fingerprint density at radius 3 is 3.05 bits per heavy atom. The Hall–Kier alpha value is -0.720. The minimum atomic E-state index is -0.746. The Bertz CT molecular complexity index is 459. The highest BCUT2D eigenvalue weighted by Gasteiger charge is 2.24. The summed E-state index contributed by atoms with van der Waals surface area (Å²) in [6, 6.07) is 6.86. The highest BCUT2D eigenvalue weighted by atomic mass is 32.2. The van der Waals surface area contributed by atoms with Gasteiger partial charge in [-0.1, -0.05) is 12.1 Å². The third-order valence-electron chi connectivity index (χ3n) is 3.23. The van der Waals surface area contributed by atoms with Crippen LogP contribution in [0.15, 0.2) is 29.2 Å². The molecular weight excluding hydrogens is 297 g/mol. The van der Waals surface area contributed by atoms with Crippen LogP contribution >= 0.6 is 23.5 Å². The first-order valence-electron chi connectivity index (χ1n) is 6.57. The monoisotopic (exact) mass is 315 g/mol. The number of carbonyl (C=O) groups is 1. The second kappa shape index (κ2) is 7.90. The first-order valence-corrected chi connectivity index (χ1v) is 8.72. The molecule has 2 rings (SSSR count). The number of thioether (sulfide) groups is 2. The molecule has 0 spiro atoms. The fourth-order valence-corrected chi connectivity index (χ4v) is 4.27. The van der Waals surface area contributed by atoms with Crippen LogP contribution in [-0.2, 0) is 4.79 Å². The van der Waals surface area contributed by atoms with Gasteiger partial charge in [0.15, 0.2) is 0 Å². The molecule has 0 amide bonds. The van der Waals surface area contributed by atoms with Gasteiger partial charge in [0.1, 0.15) is 5.82 Å². The predicted molar refractivity (Wildman–Crippen MR) is 82.1 cm³/mol. The van der Waals surface area contributed by atoms with Crippen LogP contribution in [0, 0.1) is 5.82 Å². The van der Waals surface area contributed by atoms with E-state index in [0.717, 1.165) is 30.3 Å². The fraction of sp³-hybridized carbons (Fsp3) is 0.500. The summed E-state index contributed by atoms with van der Waals surface area (Å²) in [6.45, 7) is 1.72. The smallest absolute Gasteiger partial charge is 0.304 e. The molecule has 1 aliphatic heterocycles. The van der Waals surface area contributed by atoms with Crippen molar-refractivity contribution in [2.45, 2.75) is 17.4 Å². The van der Waals surface area contributed by atoms with Gasteiger partial charge < -0.3 is 5.11 Å². The molecule has 0 saturated carbocycles. The summed E-state index contributed by atoms with van der Waals surface area (Å²) in [5.41, 5.74) is 0. The average molecular weight is 315 g/mol. The van der Waals surface area contributed by atoms with E-state index in [9.17, 15) is 9.18 Å². The lowest BCUT2D eigenvalue weighted by Gasteiger charge is -2.34. The molecule has 1 unspecified atom stereocenters. The van der Waals surface area contributed by atoms with Gasteiger partial charge in [-0.15, -0.1) is 11.8 Å². The lowest BCUT2D eigenvalue weighted by atomic mass is 10.2. The third kappa shape index (κ3) is 4.68. The number of carboxylic acids is 1. The quantitative estimate of drug-likeness (QED) is 0.818. The summed E-state index contributed by atoms with van der Waals surface area (Å²) in [7, 11) is 0. The van der Waals surface area contributed by atoms with Crippen molar-refractivity contribution in [3.8, 4) is 0 Å². The Morgan fingerprint density at radius 2 is 2.30 bits per heavy atom. The van der Waals surface area contributed by atoms with E-state index in [1.54, 1.807) is 12.1 Å². The minimum absolute atomic E-state index is 0.104. The molecule has 1 aromatic carbocycles. The summed E-state index contributed by atoms with van der Waals surface area (Å²) in [5.74, 6) is 1.76. The van der Waals surface area contributed by atoms with E-state index in [-0.39, 0.29) is 18.3 Å². The van der Waals surface area contributed by atoms with Crippen LogP contribution in [0.5, 0.6) is 0 Å². The molecule has 110 valence electrons. The second-order valence-corrected chi connectivity index (χ2v) is 6.93. The molecule has 1 aromatic rings. The highest BCUT2D eigenvalue weighted by Crippen LogP contribution is 2.23. The van der Waals surface area contributed by atoms with Gasteiger partial charge in [0.2, 0.25) is 0 Å². The average Bonchev–Trinajstić information content (AvgIpc) is 2.42. The van der Waals surface area contributed by atoms with Crippen molar-refractivity contribution in [3.05, 3.63) is 30.1 Å². The zero-order chi connectivity index (χ0) is 14.4. The Kier molecular flexibility index (Phi) is 6.19. The van der Waals surface area contributed by atoms with Crippen LogP contribution in [0.4, 0.5) is 4.39 Å². The van der Waals surface area contributed by atoms with E-state index in [4.69, 9.17) is 5.11 Å². The molecule has 6 heteroatoms. The molecule has 0 aromatic heterocycles. The molecule has 1 N–H and O–H groups in total. The van der Waals surface area contributed by atoms with Crippen LogP contribution < -0.4 is 0 Å². The minimum Gasteiger partial charge on any atom is -0.481 e. The van der Waals surface area contributed by atoms with Gasteiger partial charge in [-0.2, -0.15) is 11.8 Å². The molecular formula is C14H18FNO2S2. The van der Waals surface area contributed by atoms with Crippen LogP contribution in [-0.4, -0.2) is 52.4 Å². The molecule has 1 heterocycles. The van der Waals surface area contributed by atoms with Gasteiger partial charge in [-0.05, 0) is 12.1 Å². The number of nitrogens with zero attached hydrogens (tertiary/aromatic N) is 1. The second-order valence-electron chi connectivity index (χ2n) is 4.64. The number of aliphatic carboxylic acids is 1. The normalized spacial score (nSPS) is 19.9. The van der Waals surface area contributed by atoms with Gasteiger partial charge in [0.25, 0.3) is 0 Å². The Balaban J connectivity index is 1.82. The van der Waals surface area contributed by atoms with Crippen LogP contribution in [0.25, 0.3) is 0 Å². The van der Waals surface area contributed by atoms with Crippen molar-refractivity contribution >= 4 is 29.5 Å². The standard InChI is InChI=1S/C14H18FNO2S2/c15-12-3-1-2-4-13(12)20-8-6-16-5-7-19-10-11(16)9-14(17)18/h1-4,11H,5-10H2,(H,17,18). The summed E-state index contributed by atoms with van der Waals surface area (Å²) in [5, 5.41) is 8.93. The highest BCUT2D eigenvalue weighted by molar-refractivity contribution is 7.99. The van der Waals surface area contributed by atoms with Gasteiger partial charge in [0.05, 0.1) is 6.42 Å². The lowest BCUT2D eigenvalue weighted by molar-refractivity contribution is -0.138. The number of hydrogen-bond donors (Lipinski definition) is 1. The van der Waals surface area contributed by atoms with E-state index in [2.05, 4.69) is 4.90 Å². The maximum absolute atomic E-state index is 13.5. The zero-order valence-electron chi connectivity index (χ0n) is 11.1. The molecule has 0 radical (unpaired) electrons. The largest absolute Gasteiger partial charge is 0.481 e. The molecule has 20 heavy (non-hydrogen) atoms. The van der Waals surface area contributed by atoms with Crippen molar-refractivity contribution in [2.75, 3.05) is 30.3 Å². The first-order chi connectivity index (χ1) is 9.66. The van der Waals surface area contributed by atoms with Gasteiger partial charge in [-0.25, -0.2) is 4.39 Å². The topological polar surface area (TPSA) is 40.5 Å². The summed E-state index contributed by atoms with van der Waals surface area (Å²) in [6.07, 6.45) is 0.192.